The molecule has 2 rings (SSSR count). The molecule has 0 saturated heterocycles. The minimum Gasteiger partial charge on any atom is -0.385 e. The van der Waals surface area contributed by atoms with E-state index in [0.29, 0.717) is 11.4 Å². The second kappa shape index (κ2) is 4.70. The fourth-order valence-corrected chi connectivity index (χ4v) is 3.41. The van der Waals surface area contributed by atoms with Gasteiger partial charge in [0.1, 0.15) is 17.2 Å². The van der Waals surface area contributed by atoms with E-state index in [-0.39, 0.29) is 5.37 Å². The van der Waals surface area contributed by atoms with Gasteiger partial charge in [0.25, 0.3) is 0 Å². The zero-order valence-electron chi connectivity index (χ0n) is 10.9. The first kappa shape index (κ1) is 14.2. The van der Waals surface area contributed by atoms with Gasteiger partial charge in [0, 0.05) is 31.3 Å². The van der Waals surface area contributed by atoms with Crippen molar-refractivity contribution < 1.29 is 13.2 Å². The first-order chi connectivity index (χ1) is 8.71. The lowest BCUT2D eigenvalue weighted by Gasteiger charge is -2.35. The van der Waals surface area contributed by atoms with Crippen molar-refractivity contribution in [3.05, 3.63) is 34.7 Å². The van der Waals surface area contributed by atoms with Crippen LogP contribution in [0.5, 0.6) is 0 Å². The molecule has 0 radical (unpaired) electrons. The van der Waals surface area contributed by atoms with E-state index in [1.54, 1.807) is 12.3 Å². The third-order valence-corrected chi connectivity index (χ3v) is 4.48. The number of nitrogens with zero attached hydrogens (tertiary/aromatic N) is 2. The molecule has 2 atom stereocenters. The summed E-state index contributed by atoms with van der Waals surface area (Å²) >= 11 is 1.50. The molecule has 0 aromatic heterocycles. The molecule has 3 nitrogen and oxygen atoms in total. The van der Waals surface area contributed by atoms with Crippen LogP contribution >= 0.6 is 11.8 Å². The summed E-state index contributed by atoms with van der Waals surface area (Å²) in [4.78, 5) is 3.07. The number of nitrogens with two attached hydrogens (primary N) is 1. The second-order valence-electron chi connectivity index (χ2n) is 4.77. The van der Waals surface area contributed by atoms with E-state index in [0.717, 1.165) is 5.57 Å². The van der Waals surface area contributed by atoms with E-state index < -0.39 is 12.2 Å². The van der Waals surface area contributed by atoms with E-state index in [1.165, 1.54) is 30.6 Å². The summed E-state index contributed by atoms with van der Waals surface area (Å²) < 4.78 is 38.8. The molecule has 106 valence electrons. The molecular formula is C12H16F3N3S. The van der Waals surface area contributed by atoms with Gasteiger partial charge < -0.3 is 15.5 Å². The fraction of sp³-hybridized carbons (Fsp3) is 0.500. The normalized spacial score (nSPS) is 28.2. The Kier molecular flexibility index (Phi) is 3.51. The molecule has 2 heterocycles. The summed E-state index contributed by atoms with van der Waals surface area (Å²) in [7, 11) is 3.28. The van der Waals surface area contributed by atoms with Gasteiger partial charge in [-0.3, -0.25) is 0 Å². The van der Waals surface area contributed by atoms with E-state index >= 15 is 0 Å². The monoisotopic (exact) mass is 291 g/mol. The lowest BCUT2D eigenvalue weighted by atomic mass is 10.00. The van der Waals surface area contributed by atoms with Crippen LogP contribution in [0.3, 0.4) is 0 Å². The van der Waals surface area contributed by atoms with Crippen molar-refractivity contribution in [2.45, 2.75) is 24.5 Å². The molecule has 0 aliphatic carbocycles. The summed E-state index contributed by atoms with van der Waals surface area (Å²) in [6.07, 6.45) is -1.10. The number of alkyl halides is 3. The zero-order valence-corrected chi connectivity index (χ0v) is 11.7. The quantitative estimate of drug-likeness (QED) is 0.804. The maximum Gasteiger partial charge on any atom is 0.412 e. The summed E-state index contributed by atoms with van der Waals surface area (Å²) in [6, 6.07) is -1.54. The zero-order chi connectivity index (χ0) is 14.4. The van der Waals surface area contributed by atoms with E-state index in [4.69, 9.17) is 5.73 Å². The Morgan fingerprint density at radius 3 is 2.37 bits per heavy atom. The van der Waals surface area contributed by atoms with Gasteiger partial charge in [-0.15, -0.1) is 11.8 Å². The molecule has 0 bridgehead atoms. The molecule has 0 aromatic carbocycles. The van der Waals surface area contributed by atoms with Crippen molar-refractivity contribution >= 4 is 11.8 Å². The first-order valence-electron chi connectivity index (χ1n) is 5.74. The van der Waals surface area contributed by atoms with E-state index in [1.807, 2.05) is 17.4 Å². The third kappa shape index (κ3) is 2.56. The largest absolute Gasteiger partial charge is 0.412 e. The van der Waals surface area contributed by atoms with Crippen molar-refractivity contribution in [3.8, 4) is 0 Å². The van der Waals surface area contributed by atoms with Gasteiger partial charge in [0.15, 0.2) is 0 Å². The highest BCUT2D eigenvalue weighted by Crippen LogP contribution is 2.38. The summed E-state index contributed by atoms with van der Waals surface area (Å²) in [5.74, 6) is 0.627. The maximum atomic E-state index is 12.9. The molecule has 2 aliphatic rings. The molecule has 0 spiro atoms. The van der Waals surface area contributed by atoms with E-state index in [2.05, 4.69) is 0 Å². The number of hydrogen-bond donors (Lipinski definition) is 1. The molecule has 2 N–H and O–H groups in total. The smallest absolute Gasteiger partial charge is 0.385 e. The van der Waals surface area contributed by atoms with Crippen LogP contribution in [0.15, 0.2) is 34.7 Å². The van der Waals surface area contributed by atoms with Gasteiger partial charge in [0.2, 0.25) is 0 Å². The van der Waals surface area contributed by atoms with Crippen LogP contribution < -0.4 is 5.73 Å². The van der Waals surface area contributed by atoms with Gasteiger partial charge in [-0.05, 0) is 12.5 Å². The van der Waals surface area contributed by atoms with Crippen LogP contribution in [-0.4, -0.2) is 41.5 Å². The molecule has 2 aliphatic heterocycles. The Hall–Kier alpha value is -1.24. The van der Waals surface area contributed by atoms with E-state index in [9.17, 15) is 13.2 Å². The Bertz CT molecular complexity index is 467. The van der Waals surface area contributed by atoms with Crippen LogP contribution in [0, 0.1) is 0 Å². The van der Waals surface area contributed by atoms with Gasteiger partial charge in [-0.1, -0.05) is 6.08 Å². The third-order valence-electron chi connectivity index (χ3n) is 3.26. The van der Waals surface area contributed by atoms with Crippen molar-refractivity contribution in [2.75, 3.05) is 14.1 Å². The highest BCUT2D eigenvalue weighted by atomic mass is 32.2. The number of likely N-dealkylation sites (N-methyl/N-ethyl adjacent to an activating group) is 2. The SMILES string of the molecule is CC1=CC(C2SC=C(N)N2C)=CN(C)C1C(F)(F)F. The van der Waals surface area contributed by atoms with Crippen molar-refractivity contribution in [3.63, 3.8) is 0 Å². The Morgan fingerprint density at radius 1 is 1.32 bits per heavy atom. The minimum atomic E-state index is -4.26. The Morgan fingerprint density at radius 2 is 1.95 bits per heavy atom. The van der Waals surface area contributed by atoms with Crippen molar-refractivity contribution in [1.82, 2.24) is 9.80 Å². The summed E-state index contributed by atoms with van der Waals surface area (Å²) in [5, 5.41) is 1.75. The lowest BCUT2D eigenvalue weighted by Crippen LogP contribution is -2.44. The van der Waals surface area contributed by atoms with Crippen LogP contribution in [-0.2, 0) is 0 Å². The summed E-state index contributed by atoms with van der Waals surface area (Å²) in [6.45, 7) is 1.51. The molecular weight excluding hydrogens is 275 g/mol. The molecule has 7 heteroatoms. The Labute approximate surface area is 114 Å². The number of hydrogen-bond acceptors (Lipinski definition) is 4. The molecule has 0 amide bonds. The van der Waals surface area contributed by atoms with Gasteiger partial charge in [-0.25, -0.2) is 0 Å². The highest BCUT2D eigenvalue weighted by molar-refractivity contribution is 8.03. The fourth-order valence-electron chi connectivity index (χ4n) is 2.38. The maximum absolute atomic E-state index is 12.9. The predicted molar refractivity (Wildman–Crippen MR) is 70.9 cm³/mol. The van der Waals surface area contributed by atoms with Gasteiger partial charge in [0.05, 0.1) is 0 Å². The average molecular weight is 291 g/mol. The first-order valence-corrected chi connectivity index (χ1v) is 6.68. The summed E-state index contributed by atoms with van der Waals surface area (Å²) in [5.41, 5.74) is 6.89. The predicted octanol–water partition coefficient (Wildman–Crippen LogP) is 2.46. The van der Waals surface area contributed by atoms with Crippen LogP contribution in [0.1, 0.15) is 6.92 Å². The van der Waals surface area contributed by atoms with Crippen LogP contribution in [0.2, 0.25) is 0 Å². The van der Waals surface area contributed by atoms with Crippen LogP contribution in [0.25, 0.3) is 0 Å². The highest BCUT2D eigenvalue weighted by Gasteiger charge is 2.44. The van der Waals surface area contributed by atoms with Crippen molar-refractivity contribution in [2.24, 2.45) is 5.73 Å². The van der Waals surface area contributed by atoms with Crippen LogP contribution in [0.4, 0.5) is 13.2 Å². The molecule has 0 aromatic rings. The number of rotatable bonds is 1. The molecule has 2 unspecified atom stereocenters. The molecule has 0 fully saturated rings. The van der Waals surface area contributed by atoms with Gasteiger partial charge in [-0.2, -0.15) is 13.2 Å². The van der Waals surface area contributed by atoms with Gasteiger partial charge >= 0.3 is 6.18 Å². The molecule has 19 heavy (non-hydrogen) atoms. The lowest BCUT2D eigenvalue weighted by molar-refractivity contribution is -0.164. The standard InChI is InChI=1S/C12H16F3N3S/c1-7-4-8(11-18(3)9(16)6-19-11)5-17(2)10(7)12(13,14)15/h4-6,10-11H,16H2,1-3H3. The number of thioether (sulfide) groups is 1. The van der Waals surface area contributed by atoms with Crippen molar-refractivity contribution in [1.29, 1.82) is 0 Å². The minimum absolute atomic E-state index is 0.0633. The topological polar surface area (TPSA) is 32.5 Å². The Balaban J connectivity index is 2.24. The second-order valence-corrected chi connectivity index (χ2v) is 5.72. The average Bonchev–Trinajstić information content (AvgIpc) is 2.56. The molecule has 0 saturated carbocycles. The number of halogens is 3.